The molecule has 170 valence electrons. The van der Waals surface area contributed by atoms with Gasteiger partial charge in [-0.1, -0.05) is 0 Å². The van der Waals surface area contributed by atoms with E-state index in [9.17, 15) is 79.0 Å². The van der Waals surface area contributed by atoms with Crippen molar-refractivity contribution in [3.8, 4) is 0 Å². The summed E-state index contributed by atoms with van der Waals surface area (Å²) >= 11 is 0. The Morgan fingerprint density at radius 2 is 0.714 bits per heavy atom. The Hall–Kier alpha value is -1.34. The maximum atomic E-state index is 13.1. The van der Waals surface area contributed by atoms with Crippen LogP contribution in [0.5, 0.6) is 0 Å². The molecule has 0 aliphatic rings. The van der Waals surface area contributed by atoms with Gasteiger partial charge in [0.15, 0.2) is 0 Å². The Bertz CT molecular complexity index is 553. The van der Waals surface area contributed by atoms with Crippen LogP contribution in [0.1, 0.15) is 0 Å². The maximum Gasteiger partial charge on any atom is 0.525 e. The lowest BCUT2D eigenvalue weighted by atomic mass is 10.1. The Labute approximate surface area is 139 Å². The SMILES string of the molecule is FC(F)(F)OC(F)(C(F)(F)F)C(F)(F)OC(F)(F)C(F)(F)C(F)(F)C(F)(F)F. The predicted molar refractivity (Wildman–Crippen MR) is 44.0 cm³/mol. The molecule has 20 heteroatoms. The Morgan fingerprint density at radius 3 is 0.964 bits per heavy atom. The van der Waals surface area contributed by atoms with Crippen molar-refractivity contribution in [2.24, 2.45) is 0 Å². The highest BCUT2D eigenvalue weighted by Crippen LogP contribution is 2.57. The minimum Gasteiger partial charge on any atom is -0.245 e. The van der Waals surface area contributed by atoms with Crippen LogP contribution in [0.15, 0.2) is 0 Å². The fourth-order valence-electron chi connectivity index (χ4n) is 1.09. The highest BCUT2D eigenvalue weighted by atomic mass is 19.4. The first-order valence-electron chi connectivity index (χ1n) is 5.47. The second-order valence-electron chi connectivity index (χ2n) is 4.42. The number of ether oxygens (including phenoxy) is 2. The zero-order valence-corrected chi connectivity index (χ0v) is 11.6. The summed E-state index contributed by atoms with van der Waals surface area (Å²) < 4.78 is 223. The molecule has 0 saturated heterocycles. The Kier molecular flexibility index (Phi) is 6.27. The molecule has 0 rings (SSSR count). The lowest BCUT2D eigenvalue weighted by Crippen LogP contribution is -2.67. The lowest BCUT2D eigenvalue weighted by molar-refractivity contribution is -0.559. The van der Waals surface area contributed by atoms with Crippen LogP contribution in [0.4, 0.5) is 79.0 Å². The highest BCUT2D eigenvalue weighted by molar-refractivity contribution is 4.98. The van der Waals surface area contributed by atoms with E-state index in [4.69, 9.17) is 0 Å². The first kappa shape index (κ1) is 26.7. The normalized spacial score (nSPS) is 18.2. The number of alkyl halides is 18. The quantitative estimate of drug-likeness (QED) is 0.458. The predicted octanol–water partition coefficient (Wildman–Crippen LogP) is 5.79. The fourth-order valence-corrected chi connectivity index (χ4v) is 1.09. The van der Waals surface area contributed by atoms with Crippen molar-refractivity contribution in [1.82, 2.24) is 0 Å². The van der Waals surface area contributed by atoms with Crippen LogP contribution in [0, 0.1) is 0 Å². The molecule has 0 bridgehead atoms. The molecule has 0 saturated carbocycles. The standard InChI is InChI=1S/C8F18O2/c9-1(10,4(14,15)16)2(11,12)6(20,21)28-7(22,23)3(13,5(17,18)19)27-8(24,25)26. The summed E-state index contributed by atoms with van der Waals surface area (Å²) in [6.45, 7) is 0. The Morgan fingerprint density at radius 1 is 0.357 bits per heavy atom. The molecule has 0 spiro atoms. The molecule has 0 N–H and O–H groups in total. The summed E-state index contributed by atoms with van der Waals surface area (Å²) in [4.78, 5) is 0. The third-order valence-electron chi connectivity index (χ3n) is 2.37. The molecular formula is C8F18O2. The zero-order valence-electron chi connectivity index (χ0n) is 11.6. The summed E-state index contributed by atoms with van der Waals surface area (Å²) in [5.74, 6) is -23.9. The molecule has 0 aromatic rings. The van der Waals surface area contributed by atoms with Crippen molar-refractivity contribution in [2.45, 2.75) is 48.6 Å². The van der Waals surface area contributed by atoms with E-state index in [0.717, 1.165) is 4.74 Å². The fraction of sp³-hybridized carbons (Fsp3) is 1.00. The van der Waals surface area contributed by atoms with E-state index in [2.05, 4.69) is 0 Å². The van der Waals surface area contributed by atoms with E-state index < -0.39 is 48.6 Å². The van der Waals surface area contributed by atoms with Crippen LogP contribution in [-0.2, 0) is 9.47 Å². The van der Waals surface area contributed by atoms with Gasteiger partial charge in [-0.25, -0.2) is 9.47 Å². The van der Waals surface area contributed by atoms with Crippen molar-refractivity contribution in [3.05, 3.63) is 0 Å². The van der Waals surface area contributed by atoms with Gasteiger partial charge in [-0.05, 0) is 0 Å². The topological polar surface area (TPSA) is 18.5 Å². The minimum atomic E-state index is -8.16. The monoisotopic (exact) mass is 470 g/mol. The molecule has 0 aliphatic heterocycles. The van der Waals surface area contributed by atoms with Crippen molar-refractivity contribution in [3.63, 3.8) is 0 Å². The van der Waals surface area contributed by atoms with Gasteiger partial charge in [-0.15, -0.1) is 13.2 Å². The van der Waals surface area contributed by atoms with Gasteiger partial charge in [-0.2, -0.15) is 65.9 Å². The van der Waals surface area contributed by atoms with Gasteiger partial charge in [0.25, 0.3) is 0 Å². The third kappa shape index (κ3) is 4.46. The van der Waals surface area contributed by atoms with E-state index in [-0.39, 0.29) is 0 Å². The van der Waals surface area contributed by atoms with Crippen LogP contribution in [0.25, 0.3) is 0 Å². The molecule has 0 fully saturated rings. The molecule has 2 nitrogen and oxygen atoms in total. The summed E-state index contributed by atoms with van der Waals surface area (Å²) in [5.41, 5.74) is 0. The molecular weight excluding hydrogens is 470 g/mol. The number of hydrogen-bond donors (Lipinski definition) is 0. The van der Waals surface area contributed by atoms with Gasteiger partial charge >= 0.3 is 48.6 Å². The highest BCUT2D eigenvalue weighted by Gasteiger charge is 2.87. The number of hydrogen-bond acceptors (Lipinski definition) is 2. The maximum absolute atomic E-state index is 13.1. The van der Waals surface area contributed by atoms with Crippen LogP contribution >= 0.6 is 0 Å². The molecule has 28 heavy (non-hydrogen) atoms. The van der Waals surface area contributed by atoms with Gasteiger partial charge in [0, 0.05) is 0 Å². The van der Waals surface area contributed by atoms with Gasteiger partial charge in [0.05, 0.1) is 0 Å². The van der Waals surface area contributed by atoms with Crippen LogP contribution in [0.2, 0.25) is 0 Å². The molecule has 0 radical (unpaired) electrons. The average Bonchev–Trinajstić information content (AvgIpc) is 2.31. The summed E-state index contributed by atoms with van der Waals surface area (Å²) in [6.07, 6.45) is -38.4. The molecule has 0 aromatic heterocycles. The molecule has 0 heterocycles. The summed E-state index contributed by atoms with van der Waals surface area (Å²) in [7, 11) is 0. The van der Waals surface area contributed by atoms with E-state index in [1.807, 2.05) is 0 Å². The lowest BCUT2D eigenvalue weighted by Gasteiger charge is -2.38. The van der Waals surface area contributed by atoms with Gasteiger partial charge in [-0.3, -0.25) is 0 Å². The van der Waals surface area contributed by atoms with E-state index in [1.165, 1.54) is 4.74 Å². The van der Waals surface area contributed by atoms with Crippen molar-refractivity contribution in [2.75, 3.05) is 0 Å². The van der Waals surface area contributed by atoms with E-state index in [1.54, 1.807) is 0 Å². The van der Waals surface area contributed by atoms with E-state index in [0.29, 0.717) is 0 Å². The molecule has 1 atom stereocenters. The van der Waals surface area contributed by atoms with Crippen molar-refractivity contribution in [1.29, 1.82) is 0 Å². The van der Waals surface area contributed by atoms with Crippen molar-refractivity contribution >= 4 is 0 Å². The van der Waals surface area contributed by atoms with Gasteiger partial charge < -0.3 is 0 Å². The summed E-state index contributed by atoms with van der Waals surface area (Å²) in [5, 5.41) is 0. The Balaban J connectivity index is 6.31. The van der Waals surface area contributed by atoms with Gasteiger partial charge in [0.2, 0.25) is 0 Å². The van der Waals surface area contributed by atoms with Crippen molar-refractivity contribution < 1.29 is 88.5 Å². The average molecular weight is 470 g/mol. The van der Waals surface area contributed by atoms with Gasteiger partial charge in [0.1, 0.15) is 0 Å². The first-order valence-corrected chi connectivity index (χ1v) is 5.47. The van der Waals surface area contributed by atoms with Crippen LogP contribution in [0.3, 0.4) is 0 Å². The molecule has 0 aliphatic carbocycles. The number of halogens is 18. The third-order valence-corrected chi connectivity index (χ3v) is 2.37. The first-order chi connectivity index (χ1) is 11.7. The largest absolute Gasteiger partial charge is 0.525 e. The second-order valence-corrected chi connectivity index (χ2v) is 4.42. The van der Waals surface area contributed by atoms with Crippen LogP contribution in [-0.4, -0.2) is 48.6 Å². The molecule has 0 aromatic carbocycles. The summed E-state index contributed by atoms with van der Waals surface area (Å²) in [6, 6.07) is 0. The zero-order chi connectivity index (χ0) is 23.4. The smallest absolute Gasteiger partial charge is 0.245 e. The molecule has 0 amide bonds. The van der Waals surface area contributed by atoms with Crippen LogP contribution < -0.4 is 0 Å². The number of rotatable bonds is 6. The second kappa shape index (κ2) is 6.59. The minimum absolute atomic E-state index is 1.09. The molecule has 1 unspecified atom stereocenters. The van der Waals surface area contributed by atoms with E-state index >= 15 is 0 Å².